The van der Waals surface area contributed by atoms with E-state index < -0.39 is 7.60 Å². The Morgan fingerprint density at radius 3 is 2.44 bits per heavy atom. The lowest BCUT2D eigenvalue weighted by atomic mass is 9.79. The summed E-state index contributed by atoms with van der Waals surface area (Å²) in [5.74, 6) is 0. The maximum Gasteiger partial charge on any atom is 0.335 e. The Morgan fingerprint density at radius 2 is 1.89 bits per heavy atom. The Labute approximate surface area is 109 Å². The smallest absolute Gasteiger partial charge is 0.335 e. The van der Waals surface area contributed by atoms with Crippen molar-refractivity contribution in [3.8, 4) is 0 Å². The molecule has 2 aliphatic rings. The van der Waals surface area contributed by atoms with E-state index in [0.29, 0.717) is 13.2 Å². The van der Waals surface area contributed by atoms with Gasteiger partial charge in [0.25, 0.3) is 0 Å². The number of rotatable bonds is 5. The largest absolute Gasteiger partial charge is 0.381 e. The molecule has 5 nitrogen and oxygen atoms in total. The molecule has 0 saturated carbocycles. The van der Waals surface area contributed by atoms with E-state index in [1.54, 1.807) is 0 Å². The van der Waals surface area contributed by atoms with E-state index in [1.807, 2.05) is 13.8 Å². The molecule has 0 aromatic rings. The molecule has 0 bridgehead atoms. The predicted molar refractivity (Wildman–Crippen MR) is 70.0 cm³/mol. The van der Waals surface area contributed by atoms with Gasteiger partial charge in [-0.3, -0.25) is 4.57 Å². The molecule has 0 amide bonds. The quantitative estimate of drug-likeness (QED) is 0.779. The fourth-order valence-corrected chi connectivity index (χ4v) is 5.63. The molecule has 1 N–H and O–H groups in total. The van der Waals surface area contributed by atoms with Crippen molar-refractivity contribution in [2.24, 2.45) is 5.41 Å². The Morgan fingerprint density at radius 1 is 1.28 bits per heavy atom. The lowest BCUT2D eigenvalue weighted by Gasteiger charge is -2.40. The van der Waals surface area contributed by atoms with Gasteiger partial charge in [-0.25, -0.2) is 0 Å². The van der Waals surface area contributed by atoms with E-state index in [0.717, 1.165) is 39.1 Å². The summed E-state index contributed by atoms with van der Waals surface area (Å²) >= 11 is 0. The Balaban J connectivity index is 2.20. The van der Waals surface area contributed by atoms with Crippen LogP contribution in [0.4, 0.5) is 0 Å². The summed E-state index contributed by atoms with van der Waals surface area (Å²) in [6.45, 7) is 7.70. The minimum Gasteiger partial charge on any atom is -0.381 e. The van der Waals surface area contributed by atoms with Crippen LogP contribution in [0.3, 0.4) is 0 Å². The highest BCUT2D eigenvalue weighted by Crippen LogP contribution is 2.61. The number of hydrogen-bond donors (Lipinski definition) is 1. The van der Waals surface area contributed by atoms with Crippen molar-refractivity contribution in [1.29, 1.82) is 0 Å². The highest BCUT2D eigenvalue weighted by Gasteiger charge is 2.53. The first-order valence-corrected chi connectivity index (χ1v) is 8.45. The normalized spacial score (nSPS) is 27.8. The summed E-state index contributed by atoms with van der Waals surface area (Å²) < 4.78 is 29.5. The van der Waals surface area contributed by atoms with Gasteiger partial charge < -0.3 is 19.1 Å². The Bertz CT molecular complexity index is 307. The number of hydrogen-bond acceptors (Lipinski definition) is 5. The van der Waals surface area contributed by atoms with Crippen LogP contribution in [0.15, 0.2) is 0 Å². The molecule has 2 fully saturated rings. The van der Waals surface area contributed by atoms with Gasteiger partial charge in [0.15, 0.2) is 0 Å². The standard InChI is InChI=1S/C12H24NO4P/c1-3-16-18(14,17-4-2)11-9-13-10-12(11)5-7-15-8-6-12/h11,13H,3-10H2,1-2H3. The summed E-state index contributed by atoms with van der Waals surface area (Å²) in [6, 6.07) is 0. The predicted octanol–water partition coefficient (Wildman–Crippen LogP) is 2.02. The van der Waals surface area contributed by atoms with Crippen LogP contribution in [0.2, 0.25) is 0 Å². The first-order valence-electron chi connectivity index (χ1n) is 6.84. The van der Waals surface area contributed by atoms with E-state index in [-0.39, 0.29) is 11.1 Å². The van der Waals surface area contributed by atoms with Crippen LogP contribution in [-0.4, -0.2) is 45.2 Å². The third-order valence-electron chi connectivity index (χ3n) is 4.01. The van der Waals surface area contributed by atoms with E-state index in [2.05, 4.69) is 5.32 Å². The van der Waals surface area contributed by atoms with E-state index in [4.69, 9.17) is 13.8 Å². The fourth-order valence-electron chi connectivity index (χ4n) is 3.10. The summed E-state index contributed by atoms with van der Waals surface area (Å²) in [4.78, 5) is 0. The first kappa shape index (κ1) is 14.5. The third kappa shape index (κ3) is 2.66. The van der Waals surface area contributed by atoms with Crippen LogP contribution in [0.5, 0.6) is 0 Å². The molecule has 2 rings (SSSR count). The number of nitrogens with one attached hydrogen (secondary N) is 1. The molecular formula is C12H24NO4P. The second-order valence-corrected chi connectivity index (χ2v) is 7.22. The van der Waals surface area contributed by atoms with E-state index in [1.165, 1.54) is 0 Å². The Kier molecular flexibility index (Phi) is 4.84. The summed E-state index contributed by atoms with van der Waals surface area (Å²) in [5, 5.41) is 3.37. The second-order valence-electron chi connectivity index (χ2n) is 5.00. The van der Waals surface area contributed by atoms with Gasteiger partial charge >= 0.3 is 7.60 Å². The van der Waals surface area contributed by atoms with E-state index in [9.17, 15) is 4.57 Å². The van der Waals surface area contributed by atoms with Gasteiger partial charge in [-0.2, -0.15) is 0 Å². The molecule has 1 atom stereocenters. The zero-order valence-electron chi connectivity index (χ0n) is 11.3. The molecule has 0 aromatic carbocycles. The van der Waals surface area contributed by atoms with Crippen molar-refractivity contribution in [2.45, 2.75) is 32.3 Å². The molecule has 106 valence electrons. The van der Waals surface area contributed by atoms with E-state index >= 15 is 0 Å². The zero-order chi connectivity index (χ0) is 13.1. The Hall–Kier alpha value is 0.0700. The lowest BCUT2D eigenvalue weighted by Crippen LogP contribution is -2.40. The van der Waals surface area contributed by atoms with Gasteiger partial charge in [0.05, 0.1) is 18.9 Å². The maximum absolute atomic E-state index is 13.0. The summed E-state index contributed by atoms with van der Waals surface area (Å²) in [7, 11) is -3.02. The van der Waals surface area contributed by atoms with Crippen molar-refractivity contribution in [2.75, 3.05) is 39.5 Å². The molecule has 0 aromatic heterocycles. The van der Waals surface area contributed by atoms with Crippen LogP contribution >= 0.6 is 7.60 Å². The van der Waals surface area contributed by atoms with Crippen molar-refractivity contribution < 1.29 is 18.3 Å². The van der Waals surface area contributed by atoms with Gasteiger partial charge in [0.1, 0.15) is 0 Å². The average molecular weight is 277 g/mol. The monoisotopic (exact) mass is 277 g/mol. The second kappa shape index (κ2) is 6.02. The fraction of sp³-hybridized carbons (Fsp3) is 1.00. The highest BCUT2D eigenvalue weighted by molar-refractivity contribution is 7.54. The van der Waals surface area contributed by atoms with Gasteiger partial charge in [-0.15, -0.1) is 0 Å². The minimum atomic E-state index is -3.02. The summed E-state index contributed by atoms with van der Waals surface area (Å²) in [5.41, 5.74) is -0.00761. The third-order valence-corrected chi connectivity index (χ3v) is 6.74. The molecule has 18 heavy (non-hydrogen) atoms. The van der Waals surface area contributed by atoms with Crippen LogP contribution < -0.4 is 5.32 Å². The molecule has 2 aliphatic heterocycles. The van der Waals surface area contributed by atoms with Crippen molar-refractivity contribution in [3.63, 3.8) is 0 Å². The van der Waals surface area contributed by atoms with Gasteiger partial charge in [0, 0.05) is 31.7 Å². The first-order chi connectivity index (χ1) is 8.67. The average Bonchev–Trinajstić information content (AvgIpc) is 2.75. The topological polar surface area (TPSA) is 56.8 Å². The van der Waals surface area contributed by atoms with Crippen LogP contribution in [-0.2, 0) is 18.3 Å². The molecule has 1 spiro atoms. The molecule has 2 saturated heterocycles. The van der Waals surface area contributed by atoms with Gasteiger partial charge in [0.2, 0.25) is 0 Å². The molecule has 0 radical (unpaired) electrons. The molecule has 6 heteroatoms. The summed E-state index contributed by atoms with van der Waals surface area (Å²) in [6.07, 6.45) is 1.88. The minimum absolute atomic E-state index is 0.0259. The van der Waals surface area contributed by atoms with Crippen molar-refractivity contribution in [3.05, 3.63) is 0 Å². The molecule has 2 heterocycles. The molecule has 0 aliphatic carbocycles. The van der Waals surface area contributed by atoms with Gasteiger partial charge in [-0.05, 0) is 26.7 Å². The van der Waals surface area contributed by atoms with Crippen LogP contribution in [0, 0.1) is 5.41 Å². The number of ether oxygens (including phenoxy) is 1. The molecule has 1 unspecified atom stereocenters. The highest BCUT2D eigenvalue weighted by atomic mass is 31.2. The van der Waals surface area contributed by atoms with Crippen molar-refractivity contribution >= 4 is 7.60 Å². The van der Waals surface area contributed by atoms with Crippen LogP contribution in [0.25, 0.3) is 0 Å². The molecular weight excluding hydrogens is 253 g/mol. The lowest BCUT2D eigenvalue weighted by molar-refractivity contribution is 0.0216. The SMILES string of the molecule is CCOP(=O)(OCC)C1CNCC12CCOCC2. The van der Waals surface area contributed by atoms with Gasteiger partial charge in [-0.1, -0.05) is 0 Å². The van der Waals surface area contributed by atoms with Crippen molar-refractivity contribution in [1.82, 2.24) is 5.32 Å². The van der Waals surface area contributed by atoms with Crippen LogP contribution in [0.1, 0.15) is 26.7 Å². The zero-order valence-corrected chi connectivity index (χ0v) is 12.2. The maximum atomic E-state index is 13.0.